The average Bonchev–Trinajstić information content (AvgIpc) is 3.09. The first kappa shape index (κ1) is 23.3. The van der Waals surface area contributed by atoms with Crippen molar-refractivity contribution >= 4 is 71.0 Å². The van der Waals surface area contributed by atoms with Crippen LogP contribution < -0.4 is 10.2 Å². The van der Waals surface area contributed by atoms with Crippen LogP contribution in [0, 0.1) is 0 Å². The number of piperazine rings is 1. The van der Waals surface area contributed by atoms with Gasteiger partial charge in [-0.05, 0) is 31.3 Å². The molecular weight excluding hydrogens is 455 g/mol. The van der Waals surface area contributed by atoms with Crippen LogP contribution in [0.1, 0.15) is 0 Å². The van der Waals surface area contributed by atoms with Crippen LogP contribution in [0.15, 0.2) is 42.7 Å². The number of rotatable bonds is 4. The van der Waals surface area contributed by atoms with E-state index in [9.17, 15) is 4.79 Å². The Bertz CT molecular complexity index is 968. The fraction of sp³-hybridized carbons (Fsp3) is 0.222. The molecule has 11 heteroatoms. The number of halogens is 3. The molecule has 1 aliphatic heterocycles. The Morgan fingerprint density at radius 2 is 1.90 bits per heavy atom. The Kier molecular flexibility index (Phi) is 8.18. The van der Waals surface area contributed by atoms with E-state index in [1.165, 1.54) is 11.3 Å². The van der Waals surface area contributed by atoms with Gasteiger partial charge in [-0.2, -0.15) is 0 Å². The second-order valence-electron chi connectivity index (χ2n) is 6.19. The number of aromatic nitrogens is 3. The second kappa shape index (κ2) is 10.2. The maximum Gasteiger partial charge on any atom is 0.241 e. The van der Waals surface area contributed by atoms with Crippen LogP contribution in [0.3, 0.4) is 0 Å². The minimum Gasteiger partial charge on any atom is -0.325 e. The van der Waals surface area contributed by atoms with Gasteiger partial charge in [0.15, 0.2) is 0 Å². The summed E-state index contributed by atoms with van der Waals surface area (Å²) in [5, 5.41) is 3.94. The SMILES string of the molecule is CN1CCN(c2ccc(Nc3cccc(-c4ncc(Cl)s4)n3)nc2)C(=O)C1.Cl.Cl. The number of amides is 1. The zero-order valence-corrected chi connectivity index (χ0v) is 18.6. The molecule has 0 bridgehead atoms. The average molecular weight is 474 g/mol. The minimum absolute atomic E-state index is 0. The van der Waals surface area contributed by atoms with E-state index in [0.29, 0.717) is 29.1 Å². The Morgan fingerprint density at radius 3 is 2.55 bits per heavy atom. The molecule has 1 saturated heterocycles. The van der Waals surface area contributed by atoms with Crippen molar-refractivity contribution in [2.75, 3.05) is 36.9 Å². The summed E-state index contributed by atoms with van der Waals surface area (Å²) in [5.74, 6) is 1.40. The number of nitrogens with one attached hydrogen (secondary N) is 1. The summed E-state index contributed by atoms with van der Waals surface area (Å²) in [6.07, 6.45) is 3.32. The third-order valence-electron chi connectivity index (χ3n) is 4.17. The number of pyridine rings is 2. The minimum atomic E-state index is 0. The van der Waals surface area contributed by atoms with E-state index in [1.807, 2.05) is 42.3 Å². The largest absolute Gasteiger partial charge is 0.325 e. The topological polar surface area (TPSA) is 74.2 Å². The van der Waals surface area contributed by atoms with Crippen LogP contribution in [0.25, 0.3) is 10.7 Å². The van der Waals surface area contributed by atoms with Crippen molar-refractivity contribution in [3.05, 3.63) is 47.1 Å². The third-order valence-corrected chi connectivity index (χ3v) is 5.31. The normalized spacial score (nSPS) is 14.1. The number of carbonyl (C=O) groups excluding carboxylic acids is 1. The molecule has 29 heavy (non-hydrogen) atoms. The Balaban J connectivity index is 0.00000150. The number of hydrogen-bond donors (Lipinski definition) is 1. The highest BCUT2D eigenvalue weighted by Gasteiger charge is 2.22. The number of anilines is 3. The number of nitrogens with zero attached hydrogens (tertiary/aromatic N) is 5. The Labute approximate surface area is 190 Å². The fourth-order valence-corrected chi connectivity index (χ4v) is 3.69. The highest BCUT2D eigenvalue weighted by Crippen LogP contribution is 2.28. The van der Waals surface area contributed by atoms with Crippen molar-refractivity contribution in [1.29, 1.82) is 0 Å². The fourth-order valence-electron chi connectivity index (χ4n) is 2.81. The molecule has 0 aromatic carbocycles. The van der Waals surface area contributed by atoms with E-state index in [0.717, 1.165) is 22.9 Å². The molecule has 0 spiro atoms. The smallest absolute Gasteiger partial charge is 0.241 e. The van der Waals surface area contributed by atoms with Gasteiger partial charge in [0, 0.05) is 13.1 Å². The van der Waals surface area contributed by atoms with Crippen LogP contribution in [-0.2, 0) is 4.79 Å². The Hall–Kier alpha value is -1.97. The molecule has 3 aromatic heterocycles. The molecule has 1 N–H and O–H groups in total. The molecular formula is C18H19Cl3N6OS. The predicted molar refractivity (Wildman–Crippen MR) is 122 cm³/mol. The quantitative estimate of drug-likeness (QED) is 0.614. The number of hydrogen-bond acceptors (Lipinski definition) is 7. The van der Waals surface area contributed by atoms with Gasteiger partial charge in [-0.25, -0.2) is 15.0 Å². The molecule has 0 radical (unpaired) electrons. The molecule has 154 valence electrons. The molecule has 7 nitrogen and oxygen atoms in total. The predicted octanol–water partition coefficient (Wildman–Crippen LogP) is 4.12. The lowest BCUT2D eigenvalue weighted by Crippen LogP contribution is -2.48. The lowest BCUT2D eigenvalue weighted by atomic mass is 10.2. The maximum atomic E-state index is 12.2. The molecule has 1 aliphatic rings. The van der Waals surface area contributed by atoms with Crippen LogP contribution >= 0.6 is 47.8 Å². The van der Waals surface area contributed by atoms with E-state index in [4.69, 9.17) is 11.6 Å². The molecule has 0 aliphatic carbocycles. The van der Waals surface area contributed by atoms with Crippen LogP contribution in [-0.4, -0.2) is 52.4 Å². The summed E-state index contributed by atoms with van der Waals surface area (Å²) in [6.45, 7) is 1.95. The first-order valence-electron chi connectivity index (χ1n) is 8.39. The zero-order valence-electron chi connectivity index (χ0n) is 15.4. The summed E-state index contributed by atoms with van der Waals surface area (Å²) in [6, 6.07) is 9.38. The third kappa shape index (κ3) is 5.55. The number of carbonyl (C=O) groups is 1. The van der Waals surface area contributed by atoms with E-state index in [2.05, 4.69) is 20.3 Å². The van der Waals surface area contributed by atoms with Crippen molar-refractivity contribution < 1.29 is 4.79 Å². The van der Waals surface area contributed by atoms with Gasteiger partial charge in [0.1, 0.15) is 26.7 Å². The van der Waals surface area contributed by atoms with Gasteiger partial charge in [0.2, 0.25) is 5.91 Å². The monoisotopic (exact) mass is 472 g/mol. The van der Waals surface area contributed by atoms with Gasteiger partial charge >= 0.3 is 0 Å². The van der Waals surface area contributed by atoms with Gasteiger partial charge < -0.3 is 10.2 Å². The van der Waals surface area contributed by atoms with E-state index in [-0.39, 0.29) is 30.7 Å². The molecule has 4 heterocycles. The highest BCUT2D eigenvalue weighted by atomic mass is 35.5. The molecule has 0 atom stereocenters. The van der Waals surface area contributed by atoms with Crippen molar-refractivity contribution in [1.82, 2.24) is 19.9 Å². The summed E-state index contributed by atoms with van der Waals surface area (Å²) in [5.41, 5.74) is 1.55. The molecule has 4 rings (SSSR count). The van der Waals surface area contributed by atoms with E-state index in [1.54, 1.807) is 17.3 Å². The number of likely N-dealkylation sites (N-methyl/N-ethyl adjacent to an activating group) is 1. The molecule has 3 aromatic rings. The van der Waals surface area contributed by atoms with Crippen molar-refractivity contribution in [3.8, 4) is 10.7 Å². The summed E-state index contributed by atoms with van der Waals surface area (Å²) in [7, 11) is 1.95. The van der Waals surface area contributed by atoms with Gasteiger partial charge in [-0.15, -0.1) is 36.2 Å². The lowest BCUT2D eigenvalue weighted by molar-refractivity contribution is -0.120. The Morgan fingerprint density at radius 1 is 1.07 bits per heavy atom. The first-order chi connectivity index (χ1) is 13.1. The maximum absolute atomic E-state index is 12.2. The zero-order chi connectivity index (χ0) is 18.8. The highest BCUT2D eigenvalue weighted by molar-refractivity contribution is 7.18. The number of thiazole rings is 1. The van der Waals surface area contributed by atoms with Gasteiger partial charge in [-0.3, -0.25) is 9.69 Å². The van der Waals surface area contributed by atoms with E-state index >= 15 is 0 Å². The summed E-state index contributed by atoms with van der Waals surface area (Å²) >= 11 is 7.33. The molecule has 0 unspecified atom stereocenters. The standard InChI is InChI=1S/C18H17ClN6OS.2ClH/c1-24-7-8-25(17(26)11-24)12-5-6-15(20-9-12)23-16-4-2-3-13(22-16)18-21-10-14(19)27-18;;/h2-6,9-10H,7-8,11H2,1H3,(H,20,22,23);2*1H. The van der Waals surface area contributed by atoms with Gasteiger partial charge in [0.25, 0.3) is 0 Å². The van der Waals surface area contributed by atoms with Crippen molar-refractivity contribution in [2.24, 2.45) is 0 Å². The lowest BCUT2D eigenvalue weighted by Gasteiger charge is -2.31. The molecule has 1 fully saturated rings. The van der Waals surface area contributed by atoms with E-state index < -0.39 is 0 Å². The van der Waals surface area contributed by atoms with Gasteiger partial charge in [-0.1, -0.05) is 17.7 Å². The van der Waals surface area contributed by atoms with Gasteiger partial charge in [0.05, 0.1) is 24.6 Å². The molecule has 0 saturated carbocycles. The molecule has 1 amide bonds. The summed E-state index contributed by atoms with van der Waals surface area (Å²) < 4.78 is 0.626. The first-order valence-corrected chi connectivity index (χ1v) is 9.59. The van der Waals surface area contributed by atoms with Crippen LogP contribution in [0.4, 0.5) is 17.3 Å². The van der Waals surface area contributed by atoms with Crippen LogP contribution in [0.5, 0.6) is 0 Å². The van der Waals surface area contributed by atoms with Crippen molar-refractivity contribution in [2.45, 2.75) is 0 Å². The van der Waals surface area contributed by atoms with Crippen molar-refractivity contribution in [3.63, 3.8) is 0 Å². The second-order valence-corrected chi connectivity index (χ2v) is 7.85. The van der Waals surface area contributed by atoms with Crippen LogP contribution in [0.2, 0.25) is 4.34 Å². The summed E-state index contributed by atoms with van der Waals surface area (Å²) in [4.78, 5) is 29.2.